The first kappa shape index (κ1) is 12.8. The zero-order valence-corrected chi connectivity index (χ0v) is 11.3. The van der Waals surface area contributed by atoms with E-state index >= 15 is 0 Å². The fourth-order valence-corrected chi connectivity index (χ4v) is 1.90. The molecule has 1 aromatic carbocycles. The minimum Gasteiger partial charge on any atom is -0.484 e. The first-order chi connectivity index (χ1) is 8.74. The van der Waals surface area contributed by atoms with Crippen molar-refractivity contribution in [2.75, 3.05) is 0 Å². The zero-order valence-electron chi connectivity index (χ0n) is 9.72. The molecule has 0 bridgehead atoms. The summed E-state index contributed by atoms with van der Waals surface area (Å²) in [6.07, 6.45) is 1.43. The molecule has 0 atom stereocenters. The van der Waals surface area contributed by atoms with Gasteiger partial charge >= 0.3 is 0 Å². The molecule has 2 aromatic rings. The second-order valence-corrected chi connectivity index (χ2v) is 4.38. The molecule has 0 radical (unpaired) electrons. The highest BCUT2D eigenvalue weighted by molar-refractivity contribution is 9.10. The number of aldehydes is 1. The van der Waals surface area contributed by atoms with Crippen LogP contribution in [-0.2, 0) is 13.0 Å². The highest BCUT2D eigenvalue weighted by Crippen LogP contribution is 2.28. The van der Waals surface area contributed by atoms with Gasteiger partial charge in [0.1, 0.15) is 5.75 Å². The number of para-hydroxylation sites is 1. The number of hydrogen-bond acceptors (Lipinski definition) is 5. The van der Waals surface area contributed by atoms with Crippen LogP contribution in [0.2, 0.25) is 0 Å². The third-order valence-electron chi connectivity index (χ3n) is 2.28. The average molecular weight is 311 g/mol. The monoisotopic (exact) mass is 310 g/mol. The van der Waals surface area contributed by atoms with E-state index in [-0.39, 0.29) is 6.61 Å². The van der Waals surface area contributed by atoms with E-state index in [9.17, 15) is 4.79 Å². The number of rotatable bonds is 5. The van der Waals surface area contributed by atoms with Crippen LogP contribution in [-0.4, -0.2) is 16.4 Å². The summed E-state index contributed by atoms with van der Waals surface area (Å²) in [7, 11) is 0. The number of aryl methyl sites for hydroxylation is 1. The summed E-state index contributed by atoms with van der Waals surface area (Å²) in [5, 5.41) is 3.77. The Hall–Kier alpha value is -1.69. The Balaban J connectivity index is 2.12. The van der Waals surface area contributed by atoms with Crippen LogP contribution >= 0.6 is 15.9 Å². The third-order valence-corrected chi connectivity index (χ3v) is 2.91. The van der Waals surface area contributed by atoms with Gasteiger partial charge in [-0.05, 0) is 28.1 Å². The molecule has 0 N–H and O–H groups in total. The Morgan fingerprint density at radius 3 is 3.00 bits per heavy atom. The molecule has 94 valence electrons. The van der Waals surface area contributed by atoms with Crippen molar-refractivity contribution in [3.05, 3.63) is 40.0 Å². The molecule has 18 heavy (non-hydrogen) atoms. The molecule has 0 aliphatic heterocycles. The van der Waals surface area contributed by atoms with Gasteiger partial charge in [0, 0.05) is 6.42 Å². The lowest BCUT2D eigenvalue weighted by Crippen LogP contribution is -2.01. The number of aromatic nitrogens is 2. The molecule has 0 amide bonds. The predicted octanol–water partition coefficient (Wildman–Crippen LogP) is 2.79. The van der Waals surface area contributed by atoms with E-state index in [1.54, 1.807) is 18.2 Å². The van der Waals surface area contributed by atoms with E-state index in [4.69, 9.17) is 9.26 Å². The summed E-state index contributed by atoms with van der Waals surface area (Å²) in [5.74, 6) is 1.51. The van der Waals surface area contributed by atoms with Crippen molar-refractivity contribution in [1.29, 1.82) is 0 Å². The SMILES string of the molecule is CCc1nc(COc2c(Br)cccc2C=O)no1. The number of carbonyl (C=O) groups is 1. The molecule has 2 rings (SSSR count). The van der Waals surface area contributed by atoms with Crippen LogP contribution in [0, 0.1) is 0 Å². The van der Waals surface area contributed by atoms with Gasteiger partial charge in [-0.15, -0.1) is 0 Å². The van der Waals surface area contributed by atoms with Gasteiger partial charge in [-0.3, -0.25) is 4.79 Å². The van der Waals surface area contributed by atoms with Gasteiger partial charge < -0.3 is 9.26 Å². The Kier molecular flexibility index (Phi) is 4.09. The van der Waals surface area contributed by atoms with Gasteiger partial charge in [0.25, 0.3) is 0 Å². The number of carbonyl (C=O) groups excluding carboxylic acids is 1. The highest BCUT2D eigenvalue weighted by atomic mass is 79.9. The highest BCUT2D eigenvalue weighted by Gasteiger charge is 2.10. The van der Waals surface area contributed by atoms with Crippen LogP contribution in [0.15, 0.2) is 27.2 Å². The van der Waals surface area contributed by atoms with Gasteiger partial charge in [-0.1, -0.05) is 18.1 Å². The number of halogens is 1. The van der Waals surface area contributed by atoms with Gasteiger partial charge in [-0.25, -0.2) is 0 Å². The summed E-state index contributed by atoms with van der Waals surface area (Å²) in [5.41, 5.74) is 0.476. The average Bonchev–Trinajstić information content (AvgIpc) is 2.85. The summed E-state index contributed by atoms with van der Waals surface area (Å²) in [6.45, 7) is 2.09. The van der Waals surface area contributed by atoms with Gasteiger partial charge in [-0.2, -0.15) is 4.98 Å². The van der Waals surface area contributed by atoms with Crippen LogP contribution in [0.1, 0.15) is 29.0 Å². The van der Waals surface area contributed by atoms with Crippen LogP contribution in [0.5, 0.6) is 5.75 Å². The molecule has 0 spiro atoms. The lowest BCUT2D eigenvalue weighted by Gasteiger charge is -2.07. The lowest BCUT2D eigenvalue weighted by atomic mass is 10.2. The number of nitrogens with zero attached hydrogens (tertiary/aromatic N) is 2. The van der Waals surface area contributed by atoms with Crippen molar-refractivity contribution in [2.24, 2.45) is 0 Å². The topological polar surface area (TPSA) is 65.2 Å². The smallest absolute Gasteiger partial charge is 0.226 e. The van der Waals surface area contributed by atoms with Crippen LogP contribution in [0.25, 0.3) is 0 Å². The van der Waals surface area contributed by atoms with Crippen LogP contribution in [0.3, 0.4) is 0 Å². The zero-order chi connectivity index (χ0) is 13.0. The summed E-state index contributed by atoms with van der Waals surface area (Å²) in [4.78, 5) is 15.0. The number of benzene rings is 1. The fourth-order valence-electron chi connectivity index (χ4n) is 1.40. The first-order valence-corrected chi connectivity index (χ1v) is 6.21. The Morgan fingerprint density at radius 2 is 2.33 bits per heavy atom. The minimum absolute atomic E-state index is 0.160. The summed E-state index contributed by atoms with van der Waals surface area (Å²) in [6, 6.07) is 5.25. The molecule has 1 heterocycles. The largest absolute Gasteiger partial charge is 0.484 e. The number of hydrogen-bond donors (Lipinski definition) is 0. The van der Waals surface area contributed by atoms with Crippen molar-refractivity contribution in [3.63, 3.8) is 0 Å². The lowest BCUT2D eigenvalue weighted by molar-refractivity contribution is 0.111. The fraction of sp³-hybridized carbons (Fsp3) is 0.250. The molecule has 0 fully saturated rings. The molecule has 0 aliphatic rings. The maximum Gasteiger partial charge on any atom is 0.226 e. The van der Waals surface area contributed by atoms with E-state index in [1.165, 1.54) is 0 Å². The van der Waals surface area contributed by atoms with E-state index in [0.29, 0.717) is 33.9 Å². The molecule has 1 aromatic heterocycles. The van der Waals surface area contributed by atoms with Crippen LogP contribution < -0.4 is 4.74 Å². The first-order valence-electron chi connectivity index (χ1n) is 5.42. The van der Waals surface area contributed by atoms with Gasteiger partial charge in [0.05, 0.1) is 10.0 Å². The quantitative estimate of drug-likeness (QED) is 0.794. The molecule has 5 nitrogen and oxygen atoms in total. The van der Waals surface area contributed by atoms with Crippen molar-refractivity contribution in [2.45, 2.75) is 20.0 Å². The van der Waals surface area contributed by atoms with Crippen molar-refractivity contribution < 1.29 is 14.1 Å². The van der Waals surface area contributed by atoms with Crippen molar-refractivity contribution in [1.82, 2.24) is 10.1 Å². The Morgan fingerprint density at radius 1 is 1.50 bits per heavy atom. The third kappa shape index (κ3) is 2.76. The van der Waals surface area contributed by atoms with Crippen molar-refractivity contribution >= 4 is 22.2 Å². The minimum atomic E-state index is 0.160. The van der Waals surface area contributed by atoms with E-state index in [2.05, 4.69) is 26.1 Å². The maximum absolute atomic E-state index is 10.9. The normalized spacial score (nSPS) is 10.3. The van der Waals surface area contributed by atoms with Gasteiger partial charge in [0.15, 0.2) is 12.9 Å². The standard InChI is InChI=1S/C12H11BrN2O3/c1-2-11-14-10(15-18-11)7-17-12-8(6-16)4-3-5-9(12)13/h3-6H,2,7H2,1H3. The molecular formula is C12H11BrN2O3. The molecule has 6 heteroatoms. The predicted molar refractivity (Wildman–Crippen MR) is 67.5 cm³/mol. The van der Waals surface area contributed by atoms with Crippen molar-refractivity contribution in [3.8, 4) is 5.75 Å². The molecular weight excluding hydrogens is 300 g/mol. The molecule has 0 unspecified atom stereocenters. The maximum atomic E-state index is 10.9. The summed E-state index contributed by atoms with van der Waals surface area (Å²) >= 11 is 3.33. The summed E-state index contributed by atoms with van der Waals surface area (Å²) < 4.78 is 11.2. The van der Waals surface area contributed by atoms with Gasteiger partial charge in [0.2, 0.25) is 11.7 Å². The second-order valence-electron chi connectivity index (χ2n) is 3.52. The van der Waals surface area contributed by atoms with E-state index < -0.39 is 0 Å². The Labute approximate surface area is 112 Å². The number of ether oxygens (including phenoxy) is 1. The molecule has 0 saturated heterocycles. The second kappa shape index (κ2) is 5.77. The Bertz CT molecular complexity index is 554. The molecule has 0 aliphatic carbocycles. The van der Waals surface area contributed by atoms with E-state index in [1.807, 2.05) is 6.92 Å². The van der Waals surface area contributed by atoms with Crippen LogP contribution in [0.4, 0.5) is 0 Å². The molecule has 0 saturated carbocycles. The van der Waals surface area contributed by atoms with E-state index in [0.717, 1.165) is 6.29 Å².